The number of sulfonamides is 1. The molecule has 1 aromatic heterocycles. The maximum Gasteiger partial charge on any atom is 0.270 e. The highest BCUT2D eigenvalue weighted by molar-refractivity contribution is 7.89. The van der Waals surface area contributed by atoms with Crippen LogP contribution < -0.4 is 5.32 Å². The van der Waals surface area contributed by atoms with Crippen molar-refractivity contribution in [2.24, 2.45) is 11.8 Å². The molecule has 2 aliphatic heterocycles. The fourth-order valence-electron chi connectivity index (χ4n) is 4.74. The smallest absolute Gasteiger partial charge is 0.270 e. The zero-order valence-corrected chi connectivity index (χ0v) is 21.0. The molecule has 9 heteroatoms. The van der Waals surface area contributed by atoms with Crippen LogP contribution in [0.4, 0.5) is 5.69 Å². The van der Waals surface area contributed by atoms with E-state index in [0.29, 0.717) is 38.4 Å². The number of aromatic amines is 1. The lowest BCUT2D eigenvalue weighted by atomic mass is 9.98. The summed E-state index contributed by atoms with van der Waals surface area (Å²) >= 11 is 0. The predicted octanol–water partition coefficient (Wildman–Crippen LogP) is 3.54. The lowest BCUT2D eigenvalue weighted by Gasteiger charge is -2.31. The summed E-state index contributed by atoms with van der Waals surface area (Å²) in [7, 11) is -3.82. The molecular weight excluding hydrogens is 452 g/mol. The summed E-state index contributed by atoms with van der Waals surface area (Å²) in [4.78, 5) is 30.4. The number of nitrogens with zero attached hydrogens (tertiary/aromatic N) is 2. The number of H-pyrrole nitrogens is 1. The van der Waals surface area contributed by atoms with Crippen molar-refractivity contribution in [2.75, 3.05) is 31.5 Å². The third kappa shape index (κ3) is 5.20. The largest absolute Gasteiger partial charge is 0.356 e. The summed E-state index contributed by atoms with van der Waals surface area (Å²) < 4.78 is 28.0. The van der Waals surface area contributed by atoms with E-state index >= 15 is 0 Å². The van der Waals surface area contributed by atoms with Crippen molar-refractivity contribution in [1.29, 1.82) is 0 Å². The van der Waals surface area contributed by atoms with Gasteiger partial charge in [-0.3, -0.25) is 9.59 Å². The molecule has 2 fully saturated rings. The van der Waals surface area contributed by atoms with Crippen molar-refractivity contribution >= 4 is 27.5 Å². The van der Waals surface area contributed by atoms with E-state index < -0.39 is 15.9 Å². The average Bonchev–Trinajstić information content (AvgIpc) is 3.32. The highest BCUT2D eigenvalue weighted by Crippen LogP contribution is 2.27. The number of rotatable bonds is 5. The van der Waals surface area contributed by atoms with E-state index in [2.05, 4.69) is 17.2 Å². The van der Waals surface area contributed by atoms with Crippen LogP contribution in [0.15, 0.2) is 35.4 Å². The molecule has 2 aliphatic rings. The minimum atomic E-state index is -3.82. The van der Waals surface area contributed by atoms with Crippen molar-refractivity contribution in [3.63, 3.8) is 0 Å². The quantitative estimate of drug-likeness (QED) is 0.675. The van der Waals surface area contributed by atoms with Gasteiger partial charge in [0.15, 0.2) is 0 Å². The Kier molecular flexibility index (Phi) is 7.14. The molecule has 184 valence electrons. The van der Waals surface area contributed by atoms with Crippen LogP contribution in [0.2, 0.25) is 0 Å². The number of benzene rings is 1. The molecule has 8 nitrogen and oxygen atoms in total. The number of anilines is 1. The van der Waals surface area contributed by atoms with Crippen LogP contribution in [0.3, 0.4) is 0 Å². The van der Waals surface area contributed by atoms with Gasteiger partial charge in [-0.05, 0) is 63.1 Å². The summed E-state index contributed by atoms with van der Waals surface area (Å²) in [5.74, 6) is -0.170. The highest BCUT2D eigenvalue weighted by Gasteiger charge is 2.34. The molecular formula is C25H34N4O4S. The number of hydrogen-bond donors (Lipinski definition) is 2. The topological polar surface area (TPSA) is 103 Å². The monoisotopic (exact) mass is 486 g/mol. The number of nitrogens with one attached hydrogen (secondary N) is 2. The lowest BCUT2D eigenvalue weighted by molar-refractivity contribution is -0.120. The van der Waals surface area contributed by atoms with Gasteiger partial charge < -0.3 is 15.2 Å². The molecule has 1 aromatic carbocycles. The molecule has 0 spiro atoms. The van der Waals surface area contributed by atoms with Crippen molar-refractivity contribution in [3.8, 4) is 0 Å². The number of aryl methyl sites for hydroxylation is 2. The first-order valence-corrected chi connectivity index (χ1v) is 13.4. The SMILES string of the molecule is Cc1ccc(NC(=O)C2CCCN(S(=O)(=O)c3c[nH]c(C(=O)N4CCC(C)CC4)c3)C2)c(C)c1. The number of piperidine rings is 2. The normalized spacial score (nSPS) is 20.3. The van der Waals surface area contributed by atoms with Gasteiger partial charge in [-0.15, -0.1) is 0 Å². The summed E-state index contributed by atoms with van der Waals surface area (Å²) in [6, 6.07) is 7.24. The minimum absolute atomic E-state index is 0.0664. The first kappa shape index (κ1) is 24.5. The van der Waals surface area contributed by atoms with Gasteiger partial charge in [-0.2, -0.15) is 4.31 Å². The molecule has 1 unspecified atom stereocenters. The maximum atomic E-state index is 13.3. The van der Waals surface area contributed by atoms with Gasteiger partial charge in [0, 0.05) is 38.1 Å². The first-order valence-electron chi connectivity index (χ1n) is 12.0. The second-order valence-corrected chi connectivity index (χ2v) is 11.7. The van der Waals surface area contributed by atoms with E-state index in [-0.39, 0.29) is 28.9 Å². The maximum absolute atomic E-state index is 13.3. The van der Waals surface area contributed by atoms with Gasteiger partial charge in [-0.25, -0.2) is 8.42 Å². The Morgan fingerprint density at radius 2 is 1.79 bits per heavy atom. The molecule has 2 N–H and O–H groups in total. The van der Waals surface area contributed by atoms with Gasteiger partial charge >= 0.3 is 0 Å². The van der Waals surface area contributed by atoms with Crippen LogP contribution in [-0.2, 0) is 14.8 Å². The molecule has 0 saturated carbocycles. The van der Waals surface area contributed by atoms with Crippen molar-refractivity contribution in [1.82, 2.24) is 14.2 Å². The van der Waals surface area contributed by atoms with E-state index in [1.807, 2.05) is 32.0 Å². The number of amides is 2. The van der Waals surface area contributed by atoms with E-state index in [0.717, 1.165) is 29.7 Å². The molecule has 0 radical (unpaired) electrons. The van der Waals surface area contributed by atoms with Crippen molar-refractivity contribution in [3.05, 3.63) is 47.3 Å². The molecule has 0 bridgehead atoms. The van der Waals surface area contributed by atoms with Gasteiger partial charge in [-0.1, -0.05) is 24.6 Å². The molecule has 3 heterocycles. The fraction of sp³-hybridized carbons (Fsp3) is 0.520. The van der Waals surface area contributed by atoms with Crippen LogP contribution in [0.5, 0.6) is 0 Å². The van der Waals surface area contributed by atoms with E-state index in [9.17, 15) is 18.0 Å². The standard InChI is InChI=1S/C25H34N4O4S/c1-17-8-11-28(12-9-17)25(31)23-14-21(15-26-23)34(32,33)29-10-4-5-20(16-29)24(30)27-22-7-6-18(2)13-19(22)3/h6-7,13-15,17,20,26H,4-5,8-12,16H2,1-3H3,(H,27,30). The summed E-state index contributed by atoms with van der Waals surface area (Å²) in [5.41, 5.74) is 3.12. The van der Waals surface area contributed by atoms with Crippen LogP contribution in [0, 0.1) is 25.7 Å². The van der Waals surface area contributed by atoms with Crippen LogP contribution in [-0.4, -0.2) is 60.6 Å². The number of aromatic nitrogens is 1. The van der Waals surface area contributed by atoms with Gasteiger partial charge in [0.1, 0.15) is 10.6 Å². The van der Waals surface area contributed by atoms with Crippen LogP contribution >= 0.6 is 0 Å². The van der Waals surface area contributed by atoms with Crippen LogP contribution in [0.1, 0.15) is 54.2 Å². The number of carbonyl (C=O) groups excluding carboxylic acids is 2. The van der Waals surface area contributed by atoms with E-state index in [1.165, 1.54) is 16.6 Å². The second kappa shape index (κ2) is 9.92. The Morgan fingerprint density at radius 1 is 1.06 bits per heavy atom. The molecule has 34 heavy (non-hydrogen) atoms. The number of likely N-dealkylation sites (tertiary alicyclic amines) is 1. The molecule has 2 saturated heterocycles. The number of carbonyl (C=O) groups is 2. The third-order valence-corrected chi connectivity index (χ3v) is 8.83. The zero-order chi connectivity index (χ0) is 24.5. The van der Waals surface area contributed by atoms with Gasteiger partial charge in [0.05, 0.1) is 5.92 Å². The molecule has 4 rings (SSSR count). The molecule has 2 aromatic rings. The fourth-order valence-corrected chi connectivity index (χ4v) is 6.26. The van der Waals surface area contributed by atoms with Crippen LogP contribution in [0.25, 0.3) is 0 Å². The van der Waals surface area contributed by atoms with Crippen molar-refractivity contribution in [2.45, 2.75) is 51.3 Å². The second-order valence-electron chi connectivity index (χ2n) is 9.73. The first-order chi connectivity index (χ1) is 16.1. The molecule has 2 amide bonds. The lowest BCUT2D eigenvalue weighted by Crippen LogP contribution is -2.43. The van der Waals surface area contributed by atoms with E-state index in [4.69, 9.17) is 0 Å². The average molecular weight is 487 g/mol. The van der Waals surface area contributed by atoms with E-state index in [1.54, 1.807) is 4.90 Å². The summed E-state index contributed by atoms with van der Waals surface area (Å²) in [6.45, 7) is 7.96. The summed E-state index contributed by atoms with van der Waals surface area (Å²) in [5, 5.41) is 2.96. The van der Waals surface area contributed by atoms with Crippen molar-refractivity contribution < 1.29 is 18.0 Å². The zero-order valence-electron chi connectivity index (χ0n) is 20.1. The Morgan fingerprint density at radius 3 is 2.50 bits per heavy atom. The minimum Gasteiger partial charge on any atom is -0.356 e. The summed E-state index contributed by atoms with van der Waals surface area (Å²) in [6.07, 6.45) is 4.53. The Hall–Kier alpha value is -2.65. The third-order valence-electron chi connectivity index (χ3n) is 6.99. The van der Waals surface area contributed by atoms with Gasteiger partial charge in [0.2, 0.25) is 15.9 Å². The molecule has 0 aliphatic carbocycles. The predicted molar refractivity (Wildman–Crippen MR) is 131 cm³/mol. The highest BCUT2D eigenvalue weighted by atomic mass is 32.2. The Balaban J connectivity index is 1.43. The Labute approximate surface area is 201 Å². The number of hydrogen-bond acceptors (Lipinski definition) is 4. The molecule has 1 atom stereocenters. The Bertz CT molecular complexity index is 1170. The van der Waals surface area contributed by atoms with Gasteiger partial charge in [0.25, 0.3) is 5.91 Å².